The summed E-state index contributed by atoms with van der Waals surface area (Å²) in [6.45, 7) is 5.13. The fraction of sp³-hybridized carbons (Fsp3) is 0.280. The van der Waals surface area contributed by atoms with Crippen molar-refractivity contribution in [1.29, 1.82) is 0 Å². The van der Waals surface area contributed by atoms with Crippen LogP contribution in [0.3, 0.4) is 0 Å². The zero-order valence-corrected chi connectivity index (χ0v) is 19.0. The van der Waals surface area contributed by atoms with Crippen molar-refractivity contribution >= 4 is 23.5 Å². The highest BCUT2D eigenvalue weighted by atomic mass is 16.5. The summed E-state index contributed by atoms with van der Waals surface area (Å²) in [7, 11) is 0. The molecule has 1 aromatic heterocycles. The van der Waals surface area contributed by atoms with E-state index in [1.54, 1.807) is 25.1 Å². The van der Waals surface area contributed by atoms with Crippen LogP contribution in [-0.2, 0) is 14.3 Å². The third-order valence-corrected chi connectivity index (χ3v) is 5.04. The number of para-hydroxylation sites is 1. The normalized spacial score (nSPS) is 10.5. The highest BCUT2D eigenvalue weighted by Crippen LogP contribution is 2.25. The Kier molecular flexibility index (Phi) is 7.96. The zero-order valence-electron chi connectivity index (χ0n) is 19.0. The molecule has 0 aliphatic heterocycles. The van der Waals surface area contributed by atoms with Gasteiger partial charge in [-0.25, -0.2) is 4.79 Å². The van der Waals surface area contributed by atoms with Gasteiger partial charge >= 0.3 is 5.97 Å². The molecule has 0 atom stereocenters. The number of rotatable bonds is 9. The van der Waals surface area contributed by atoms with Crippen LogP contribution in [0.15, 0.2) is 59.1 Å². The molecule has 0 saturated carbocycles. The molecule has 0 bridgehead atoms. The predicted molar refractivity (Wildman–Crippen MR) is 124 cm³/mol. The Hall–Kier alpha value is -3.94. The van der Waals surface area contributed by atoms with Gasteiger partial charge in [0.2, 0.25) is 5.91 Å². The number of nitrogens with zero attached hydrogens (tertiary/aromatic N) is 2. The molecule has 2 aromatic carbocycles. The molecule has 8 nitrogen and oxygen atoms in total. The summed E-state index contributed by atoms with van der Waals surface area (Å²) in [5.41, 5.74) is 2.84. The predicted octanol–water partition coefficient (Wildman–Crippen LogP) is 3.99. The van der Waals surface area contributed by atoms with Gasteiger partial charge in [0.25, 0.3) is 5.91 Å². The van der Waals surface area contributed by atoms with Crippen LogP contribution >= 0.6 is 0 Å². The summed E-state index contributed by atoms with van der Waals surface area (Å²) >= 11 is 0. The van der Waals surface area contributed by atoms with Gasteiger partial charge in [-0.15, -0.1) is 0 Å². The van der Waals surface area contributed by atoms with E-state index < -0.39 is 18.5 Å². The second-order valence-electron chi connectivity index (χ2n) is 7.58. The lowest BCUT2D eigenvalue weighted by Crippen LogP contribution is -2.40. The number of esters is 1. The van der Waals surface area contributed by atoms with E-state index in [1.807, 2.05) is 50.2 Å². The quantitative estimate of drug-likeness (QED) is 0.496. The minimum atomic E-state index is -0.707. The van der Waals surface area contributed by atoms with Gasteiger partial charge in [0.15, 0.2) is 6.61 Å². The molecule has 33 heavy (non-hydrogen) atoms. The van der Waals surface area contributed by atoms with Crippen LogP contribution in [0.5, 0.6) is 0 Å². The first kappa shape index (κ1) is 23.7. The van der Waals surface area contributed by atoms with Crippen LogP contribution in [0, 0.1) is 13.8 Å². The molecule has 2 amide bonds. The number of nitrogens with one attached hydrogen (secondary N) is 1. The van der Waals surface area contributed by atoms with E-state index >= 15 is 0 Å². The first-order valence-electron chi connectivity index (χ1n) is 10.7. The first-order chi connectivity index (χ1) is 15.9. The molecule has 0 radical (unpaired) electrons. The largest absolute Gasteiger partial charge is 0.452 e. The number of benzene rings is 2. The molecule has 0 unspecified atom stereocenters. The van der Waals surface area contributed by atoms with E-state index in [9.17, 15) is 14.4 Å². The summed E-state index contributed by atoms with van der Waals surface area (Å²) in [6.07, 6.45) is 0.653. The van der Waals surface area contributed by atoms with Crippen molar-refractivity contribution in [2.45, 2.75) is 27.2 Å². The van der Waals surface area contributed by atoms with Gasteiger partial charge in [-0.2, -0.15) is 0 Å². The molecule has 172 valence electrons. The Morgan fingerprint density at radius 2 is 1.73 bits per heavy atom. The topological polar surface area (TPSA) is 102 Å². The zero-order chi connectivity index (χ0) is 23.8. The molecule has 0 spiro atoms. The van der Waals surface area contributed by atoms with Gasteiger partial charge in [-0.05, 0) is 31.9 Å². The van der Waals surface area contributed by atoms with E-state index in [0.29, 0.717) is 35.7 Å². The third-order valence-electron chi connectivity index (χ3n) is 5.04. The lowest BCUT2D eigenvalue weighted by Gasteiger charge is -2.21. The van der Waals surface area contributed by atoms with E-state index in [0.717, 1.165) is 5.56 Å². The molecule has 1 N–H and O–H groups in total. The van der Waals surface area contributed by atoms with Crippen molar-refractivity contribution in [3.05, 3.63) is 71.5 Å². The van der Waals surface area contributed by atoms with Crippen LogP contribution in [-0.4, -0.2) is 47.5 Å². The highest BCUT2D eigenvalue weighted by Gasteiger charge is 2.25. The summed E-state index contributed by atoms with van der Waals surface area (Å²) in [5.74, 6) is -1.18. The number of carbonyl (C=O) groups is 3. The van der Waals surface area contributed by atoms with Gasteiger partial charge in [-0.3, -0.25) is 9.59 Å². The Bertz CT molecular complexity index is 1120. The second-order valence-corrected chi connectivity index (χ2v) is 7.58. The fourth-order valence-corrected chi connectivity index (χ4v) is 3.33. The Balaban J connectivity index is 1.63. The molecule has 1 heterocycles. The van der Waals surface area contributed by atoms with Crippen LogP contribution in [0.1, 0.15) is 35.0 Å². The van der Waals surface area contributed by atoms with E-state index in [4.69, 9.17) is 9.26 Å². The second kappa shape index (κ2) is 11.1. The van der Waals surface area contributed by atoms with Crippen LogP contribution < -0.4 is 5.32 Å². The summed E-state index contributed by atoms with van der Waals surface area (Å²) in [4.78, 5) is 39.3. The smallest absolute Gasteiger partial charge is 0.344 e. The van der Waals surface area contributed by atoms with Gasteiger partial charge in [0.1, 0.15) is 17.0 Å². The number of amides is 2. The van der Waals surface area contributed by atoms with Crippen molar-refractivity contribution in [2.75, 3.05) is 25.0 Å². The first-order valence-corrected chi connectivity index (χ1v) is 10.7. The molecule has 3 rings (SSSR count). The summed E-state index contributed by atoms with van der Waals surface area (Å²) < 4.78 is 10.5. The van der Waals surface area contributed by atoms with Gasteiger partial charge in [0, 0.05) is 17.8 Å². The molecule has 0 fully saturated rings. The van der Waals surface area contributed by atoms with Gasteiger partial charge in [0.05, 0.1) is 6.54 Å². The minimum Gasteiger partial charge on any atom is -0.452 e. The van der Waals surface area contributed by atoms with E-state index in [-0.39, 0.29) is 18.0 Å². The molecule has 8 heteroatoms. The Labute approximate surface area is 192 Å². The maximum atomic E-state index is 12.7. The molecular weight excluding hydrogens is 422 g/mol. The maximum Gasteiger partial charge on any atom is 0.344 e. The summed E-state index contributed by atoms with van der Waals surface area (Å²) in [6, 6.07) is 16.5. The Morgan fingerprint density at radius 3 is 2.42 bits per heavy atom. The van der Waals surface area contributed by atoms with Crippen molar-refractivity contribution in [3.8, 4) is 11.3 Å². The molecule has 0 saturated heterocycles. The van der Waals surface area contributed by atoms with E-state index in [1.165, 1.54) is 4.90 Å². The Morgan fingerprint density at radius 1 is 1.03 bits per heavy atom. The van der Waals surface area contributed by atoms with Gasteiger partial charge in [-0.1, -0.05) is 60.6 Å². The number of ether oxygens (including phenoxy) is 1. The molecule has 3 aromatic rings. The minimum absolute atomic E-state index is 0.139. The lowest BCUT2D eigenvalue weighted by atomic mass is 10.1. The molecule has 0 aliphatic rings. The van der Waals surface area contributed by atoms with Crippen LogP contribution in [0.4, 0.5) is 5.69 Å². The summed E-state index contributed by atoms with van der Waals surface area (Å²) in [5, 5.41) is 6.77. The van der Waals surface area contributed by atoms with Crippen molar-refractivity contribution in [2.24, 2.45) is 0 Å². The van der Waals surface area contributed by atoms with Gasteiger partial charge < -0.3 is 19.5 Å². The van der Waals surface area contributed by atoms with Crippen LogP contribution in [0.2, 0.25) is 0 Å². The number of carbonyl (C=O) groups excluding carboxylic acids is 3. The number of hydrogen-bond acceptors (Lipinski definition) is 6. The number of hydrogen-bond donors (Lipinski definition) is 1. The molecular formula is C25H27N3O5. The van der Waals surface area contributed by atoms with Crippen molar-refractivity contribution in [3.63, 3.8) is 0 Å². The van der Waals surface area contributed by atoms with Crippen LogP contribution in [0.25, 0.3) is 11.3 Å². The third kappa shape index (κ3) is 6.06. The maximum absolute atomic E-state index is 12.7. The number of aromatic nitrogens is 1. The molecule has 0 aliphatic carbocycles. The number of anilines is 1. The highest BCUT2D eigenvalue weighted by molar-refractivity contribution is 5.99. The SMILES string of the molecule is CCCN(CC(=O)Nc1ccccc1C)C(=O)COC(=O)c1c(-c2ccccc2)noc1C. The van der Waals surface area contributed by atoms with E-state index in [2.05, 4.69) is 10.5 Å². The average molecular weight is 450 g/mol. The van der Waals surface area contributed by atoms with Crippen molar-refractivity contribution < 1.29 is 23.6 Å². The number of aryl methyl sites for hydroxylation is 2. The standard InChI is InChI=1S/C25H27N3O5/c1-4-14-28(15-21(29)26-20-13-9-8-10-17(20)2)22(30)16-32-25(31)23-18(3)33-27-24(23)19-11-6-5-7-12-19/h5-13H,4,14-16H2,1-3H3,(H,26,29). The van der Waals surface area contributed by atoms with Crippen molar-refractivity contribution in [1.82, 2.24) is 10.1 Å². The average Bonchev–Trinajstić information content (AvgIpc) is 3.20. The lowest BCUT2D eigenvalue weighted by molar-refractivity contribution is -0.137. The monoisotopic (exact) mass is 449 g/mol. The fourth-order valence-electron chi connectivity index (χ4n) is 3.33.